The van der Waals surface area contributed by atoms with Gasteiger partial charge in [-0.3, -0.25) is 0 Å². The van der Waals surface area contributed by atoms with Crippen LogP contribution in [0.1, 0.15) is 23.6 Å². The number of nitrogens with zero attached hydrogens (tertiary/aromatic N) is 1. The van der Waals surface area contributed by atoms with Gasteiger partial charge in [0.1, 0.15) is 11.2 Å². The van der Waals surface area contributed by atoms with Crippen LogP contribution in [0, 0.1) is 0 Å². The molecule has 272 valence electrons. The van der Waals surface area contributed by atoms with Crippen molar-refractivity contribution >= 4 is 71.3 Å². The van der Waals surface area contributed by atoms with Gasteiger partial charge in [0, 0.05) is 33.2 Å². The van der Waals surface area contributed by atoms with Gasteiger partial charge in [-0.2, -0.15) is 0 Å². The van der Waals surface area contributed by atoms with Crippen molar-refractivity contribution in [2.75, 3.05) is 4.90 Å². The third kappa shape index (κ3) is 4.72. The van der Waals surface area contributed by atoms with Crippen LogP contribution >= 0.6 is 0 Å². The summed E-state index contributed by atoms with van der Waals surface area (Å²) in [5.74, 6) is 0. The van der Waals surface area contributed by atoms with Crippen LogP contribution < -0.4 is 4.90 Å². The van der Waals surface area contributed by atoms with Gasteiger partial charge in [-0.25, -0.2) is 0 Å². The molecule has 1 aliphatic carbocycles. The zero-order chi connectivity index (χ0) is 38.4. The minimum Gasteiger partial charge on any atom is -0.456 e. The van der Waals surface area contributed by atoms with Gasteiger partial charge in [0.15, 0.2) is 0 Å². The molecule has 1 aromatic heterocycles. The van der Waals surface area contributed by atoms with Crippen LogP contribution in [0.2, 0.25) is 0 Å². The van der Waals surface area contributed by atoms with E-state index < -0.39 is 0 Å². The second-order valence-electron chi connectivity index (χ2n) is 15.7. The van der Waals surface area contributed by atoms with Crippen molar-refractivity contribution in [2.45, 2.75) is 12.3 Å². The molecule has 0 saturated heterocycles. The van der Waals surface area contributed by atoms with Gasteiger partial charge in [0.2, 0.25) is 0 Å². The van der Waals surface area contributed by atoms with E-state index in [2.05, 4.69) is 218 Å². The van der Waals surface area contributed by atoms with E-state index in [-0.39, 0.29) is 5.41 Å². The third-order valence-corrected chi connectivity index (χ3v) is 12.7. The van der Waals surface area contributed by atoms with E-state index in [1.54, 1.807) is 0 Å². The third-order valence-electron chi connectivity index (χ3n) is 12.7. The fourth-order valence-electron chi connectivity index (χ4n) is 10.0. The molecule has 2 heteroatoms. The largest absolute Gasteiger partial charge is 0.456 e. The Morgan fingerprint density at radius 3 is 1.48 bits per heavy atom. The molecule has 0 N–H and O–H groups in total. The fourth-order valence-corrected chi connectivity index (χ4v) is 10.0. The second kappa shape index (κ2) is 12.5. The molecule has 0 bridgehead atoms. The molecule has 12 rings (SSSR count). The number of fused-ring (bicyclic) bond motifs is 12. The van der Waals surface area contributed by atoms with Crippen LogP contribution in [0.5, 0.6) is 0 Å². The van der Waals surface area contributed by atoms with Crippen molar-refractivity contribution in [2.24, 2.45) is 0 Å². The number of anilines is 3. The van der Waals surface area contributed by atoms with E-state index in [4.69, 9.17) is 4.42 Å². The van der Waals surface area contributed by atoms with Crippen molar-refractivity contribution < 1.29 is 4.42 Å². The van der Waals surface area contributed by atoms with Crippen LogP contribution in [-0.4, -0.2) is 0 Å². The van der Waals surface area contributed by atoms with E-state index in [1.165, 1.54) is 71.3 Å². The van der Waals surface area contributed by atoms with Gasteiger partial charge in [-0.15, -0.1) is 0 Å². The first kappa shape index (κ1) is 32.8. The average Bonchev–Trinajstić information content (AvgIpc) is 3.80. The lowest BCUT2D eigenvalue weighted by molar-refractivity contribution is 0.666. The molecule has 0 saturated carbocycles. The van der Waals surface area contributed by atoms with E-state index in [0.29, 0.717) is 0 Å². The Balaban J connectivity index is 1.10. The molecule has 58 heavy (non-hydrogen) atoms. The molecule has 10 aromatic carbocycles. The molecule has 0 unspecified atom stereocenters. The molecule has 0 aliphatic heterocycles. The summed E-state index contributed by atoms with van der Waals surface area (Å²) in [4.78, 5) is 2.40. The number of furan rings is 1. The van der Waals surface area contributed by atoms with Crippen molar-refractivity contribution in [3.63, 3.8) is 0 Å². The molecule has 2 nitrogen and oxygen atoms in total. The Kier molecular flexibility index (Phi) is 7.09. The summed E-state index contributed by atoms with van der Waals surface area (Å²) < 4.78 is 6.71. The highest BCUT2D eigenvalue weighted by Gasteiger charge is 2.42. The highest BCUT2D eigenvalue weighted by molar-refractivity contribution is 6.26. The second-order valence-corrected chi connectivity index (χ2v) is 15.7. The summed E-state index contributed by atoms with van der Waals surface area (Å²) >= 11 is 0. The van der Waals surface area contributed by atoms with Gasteiger partial charge in [0.05, 0.1) is 0 Å². The molecule has 11 aromatic rings. The maximum absolute atomic E-state index is 6.71. The van der Waals surface area contributed by atoms with Crippen molar-refractivity contribution in [1.82, 2.24) is 0 Å². The van der Waals surface area contributed by atoms with Crippen LogP contribution in [0.15, 0.2) is 211 Å². The topological polar surface area (TPSA) is 16.4 Å². The van der Waals surface area contributed by atoms with Gasteiger partial charge in [0.25, 0.3) is 0 Å². The van der Waals surface area contributed by atoms with E-state index >= 15 is 0 Å². The summed E-state index contributed by atoms with van der Waals surface area (Å²) in [5.41, 5.74) is 13.5. The van der Waals surface area contributed by atoms with Gasteiger partial charge in [-0.05, 0) is 127 Å². The number of rotatable bonds is 5. The summed E-state index contributed by atoms with van der Waals surface area (Å²) in [7, 11) is 0. The Morgan fingerprint density at radius 1 is 0.345 bits per heavy atom. The number of hydrogen-bond donors (Lipinski definition) is 0. The van der Waals surface area contributed by atoms with E-state index in [9.17, 15) is 0 Å². The average molecular weight is 740 g/mol. The molecular weight excluding hydrogens is 703 g/mol. The number of benzene rings is 10. The van der Waals surface area contributed by atoms with Crippen LogP contribution in [0.25, 0.3) is 76.5 Å². The standard InChI is InChI=1S/C56H37NO/c1-56(50-22-11-9-20-46(50)47-21-10-12-23-51(47)56)52-24-13-25-54-55(52)49-35-40(31-33-53(49)58-54)57(38-28-26-37(27-29-38)36-14-3-2-4-15-36)39-30-32-45-43-18-6-5-16-41(43)42-17-7-8-19-44(42)48(45)34-39/h2-35H,1H3. The quantitative estimate of drug-likeness (QED) is 0.163. The van der Waals surface area contributed by atoms with Gasteiger partial charge in [-0.1, -0.05) is 158 Å². The Morgan fingerprint density at radius 2 is 0.828 bits per heavy atom. The van der Waals surface area contributed by atoms with Gasteiger partial charge >= 0.3 is 0 Å². The minimum absolute atomic E-state index is 0.366. The lowest BCUT2D eigenvalue weighted by Gasteiger charge is -2.29. The normalized spacial score (nSPS) is 13.1. The summed E-state index contributed by atoms with van der Waals surface area (Å²) in [6, 6.07) is 75.2. The Hall–Kier alpha value is -7.42. The van der Waals surface area contributed by atoms with E-state index in [0.717, 1.165) is 39.0 Å². The first-order valence-electron chi connectivity index (χ1n) is 20.1. The lowest BCUT2D eigenvalue weighted by atomic mass is 9.73. The van der Waals surface area contributed by atoms with Crippen molar-refractivity contribution in [3.8, 4) is 22.3 Å². The summed E-state index contributed by atoms with van der Waals surface area (Å²) in [6.45, 7) is 2.39. The highest BCUT2D eigenvalue weighted by atomic mass is 16.3. The van der Waals surface area contributed by atoms with Crippen molar-refractivity contribution in [3.05, 3.63) is 223 Å². The molecule has 0 radical (unpaired) electrons. The predicted octanol–water partition coefficient (Wildman–Crippen LogP) is 15.5. The van der Waals surface area contributed by atoms with E-state index in [1.807, 2.05) is 0 Å². The predicted molar refractivity (Wildman–Crippen MR) is 244 cm³/mol. The molecular formula is C56H37NO. The maximum Gasteiger partial charge on any atom is 0.135 e. The number of hydrogen-bond acceptors (Lipinski definition) is 2. The molecule has 0 spiro atoms. The lowest BCUT2D eigenvalue weighted by Crippen LogP contribution is -2.22. The first-order valence-corrected chi connectivity index (χ1v) is 20.1. The molecule has 0 amide bonds. The first-order chi connectivity index (χ1) is 28.6. The Bertz CT molecular complexity index is 3330. The fraction of sp³-hybridized carbons (Fsp3) is 0.0357. The van der Waals surface area contributed by atoms with Gasteiger partial charge < -0.3 is 9.32 Å². The molecule has 1 heterocycles. The smallest absolute Gasteiger partial charge is 0.135 e. The molecule has 0 fully saturated rings. The van der Waals surface area contributed by atoms with Crippen molar-refractivity contribution in [1.29, 1.82) is 0 Å². The monoisotopic (exact) mass is 739 g/mol. The maximum atomic E-state index is 6.71. The van der Waals surface area contributed by atoms with Crippen LogP contribution in [0.3, 0.4) is 0 Å². The summed E-state index contributed by atoms with van der Waals surface area (Å²) in [6.07, 6.45) is 0. The zero-order valence-corrected chi connectivity index (χ0v) is 32.0. The minimum atomic E-state index is -0.366. The molecule has 0 atom stereocenters. The summed E-state index contributed by atoms with van der Waals surface area (Å²) in [5, 5.41) is 9.82. The molecule has 1 aliphatic rings. The highest BCUT2D eigenvalue weighted by Crippen LogP contribution is 2.54. The van der Waals surface area contributed by atoms with Crippen LogP contribution in [-0.2, 0) is 5.41 Å². The Labute approximate surface area is 336 Å². The zero-order valence-electron chi connectivity index (χ0n) is 32.0. The SMILES string of the molecule is CC1(c2cccc3oc4ccc(N(c5ccc(-c6ccccc6)cc5)c5ccc6c7ccccc7c7ccccc7c6c5)cc4c23)c2ccccc2-c2ccccc21. The van der Waals surface area contributed by atoms with Crippen LogP contribution in [0.4, 0.5) is 17.1 Å².